The molecule has 0 aromatic rings. The second-order valence-electron chi connectivity index (χ2n) is 4.40. The lowest BCUT2D eigenvalue weighted by Crippen LogP contribution is -2.58. The molecule has 0 aromatic carbocycles. The van der Waals surface area contributed by atoms with E-state index in [9.17, 15) is 14.9 Å². The maximum Gasteiger partial charge on any atom is 0.0916 e. The van der Waals surface area contributed by atoms with Gasteiger partial charge in [0.25, 0.3) is 0 Å². The molecule has 0 aliphatic heterocycles. The summed E-state index contributed by atoms with van der Waals surface area (Å²) in [5, 5.41) is 17.7. The molecule has 6 heteroatoms. The quantitative estimate of drug-likeness (QED) is 0.504. The molecule has 0 saturated carbocycles. The van der Waals surface area contributed by atoms with E-state index in [0.717, 1.165) is 0 Å². The van der Waals surface area contributed by atoms with Gasteiger partial charge in [0.2, 0.25) is 0 Å². The highest BCUT2D eigenvalue weighted by Gasteiger charge is 2.32. The zero-order valence-corrected chi connectivity index (χ0v) is 12.5. The fourth-order valence-corrected chi connectivity index (χ4v) is 2.82. The number of nitriles is 1. The molecular weight excluding hydrogens is 251 g/mol. The van der Waals surface area contributed by atoms with Gasteiger partial charge in [-0.05, 0) is 27.7 Å². The van der Waals surface area contributed by atoms with E-state index < -0.39 is 8.53 Å². The van der Waals surface area contributed by atoms with Crippen LogP contribution in [0.1, 0.15) is 34.1 Å². The number of hydrogen-bond acceptors (Lipinski definition) is 4. The topological polar surface area (TPSA) is 93.0 Å². The van der Waals surface area contributed by atoms with Gasteiger partial charge < -0.3 is 19.1 Å². The van der Waals surface area contributed by atoms with Gasteiger partial charge in [-0.3, -0.25) is 0 Å². The van der Waals surface area contributed by atoms with Crippen molar-refractivity contribution < 1.29 is 19.1 Å². The summed E-state index contributed by atoms with van der Waals surface area (Å²) in [5.41, 5.74) is 0. The average molecular weight is 274 g/mol. The molecular formula is C12H23N2O3P-2. The molecule has 0 amide bonds. The minimum Gasteiger partial charge on any atom is -0.851 e. The second kappa shape index (κ2) is 10.4. The van der Waals surface area contributed by atoms with Crippen LogP contribution in [0.3, 0.4) is 0 Å². The Morgan fingerprint density at radius 3 is 1.83 bits per heavy atom. The normalized spacial score (nSPS) is 11.2. The van der Waals surface area contributed by atoms with Gasteiger partial charge in [0.15, 0.2) is 0 Å². The smallest absolute Gasteiger partial charge is 0.0916 e. The van der Waals surface area contributed by atoms with Crippen molar-refractivity contribution in [3.63, 3.8) is 0 Å². The first-order chi connectivity index (χ1) is 8.31. The van der Waals surface area contributed by atoms with E-state index in [1.165, 1.54) is 6.08 Å². The molecule has 0 rings (SSSR count). The third-order valence-corrected chi connectivity index (χ3v) is 4.52. The highest BCUT2D eigenvalue weighted by atomic mass is 31.2. The molecule has 18 heavy (non-hydrogen) atoms. The van der Waals surface area contributed by atoms with Crippen LogP contribution in [0.2, 0.25) is 0 Å². The largest absolute Gasteiger partial charge is 0.851 e. The van der Waals surface area contributed by atoms with Gasteiger partial charge in [-0.2, -0.15) is 5.26 Å². The van der Waals surface area contributed by atoms with E-state index in [0.29, 0.717) is 6.54 Å². The first-order valence-electron chi connectivity index (χ1n) is 5.89. The van der Waals surface area contributed by atoms with Crippen molar-refractivity contribution in [1.82, 2.24) is 0 Å². The number of rotatable bonds is 6. The van der Waals surface area contributed by atoms with Crippen LogP contribution >= 0.6 is 8.53 Å². The third kappa shape index (κ3) is 5.90. The molecule has 0 atom stereocenters. The Bertz CT molecular complexity index is 241. The summed E-state index contributed by atoms with van der Waals surface area (Å²) >= 11 is 0. The predicted molar refractivity (Wildman–Crippen MR) is 67.6 cm³/mol. The maximum atomic E-state index is 11.3. The fraction of sp³-hybridized carbons (Fsp3) is 0.750. The lowest BCUT2D eigenvalue weighted by atomic mass is 10.2. The minimum absolute atomic E-state index is 0.00287. The van der Waals surface area contributed by atoms with Crippen molar-refractivity contribution >= 4 is 8.53 Å². The summed E-state index contributed by atoms with van der Waals surface area (Å²) in [6.45, 7) is 10.9. The standard InChI is InChI=1S/C9H18N2O2P.C3H5O/c1-8(2)11(9(3)4,14(12)13)7-5-6-10;1-2-3-4/h8-9H,5,7H2,1-4H3;2H,1,3H2/q2*-1. The highest BCUT2D eigenvalue weighted by Crippen LogP contribution is 2.39. The van der Waals surface area contributed by atoms with Gasteiger partial charge in [0.1, 0.15) is 0 Å². The summed E-state index contributed by atoms with van der Waals surface area (Å²) in [7, 11) is -2.55. The van der Waals surface area contributed by atoms with Crippen LogP contribution in [-0.2, 0) is 0 Å². The monoisotopic (exact) mass is 274 g/mol. The molecule has 0 aromatic heterocycles. The van der Waals surface area contributed by atoms with E-state index in [2.05, 4.69) is 6.58 Å². The SMILES string of the molecule is C=CC[O-].CC(C)[N+](CCC#N)(C(C)C)P([O-])[O-]. The van der Waals surface area contributed by atoms with Gasteiger partial charge in [0, 0.05) is 0 Å². The second-order valence-corrected chi connectivity index (χ2v) is 5.62. The van der Waals surface area contributed by atoms with Gasteiger partial charge in [-0.15, -0.1) is 19.3 Å². The first kappa shape index (κ1) is 19.8. The van der Waals surface area contributed by atoms with Crippen LogP contribution < -0.4 is 14.9 Å². The van der Waals surface area contributed by atoms with Gasteiger partial charge >= 0.3 is 0 Å². The Balaban J connectivity index is 0. The van der Waals surface area contributed by atoms with Gasteiger partial charge in [0.05, 0.1) is 31.1 Å². The molecule has 0 aliphatic rings. The van der Waals surface area contributed by atoms with Crippen LogP contribution in [0.4, 0.5) is 0 Å². The zero-order chi connectivity index (χ0) is 14.8. The summed E-state index contributed by atoms with van der Waals surface area (Å²) in [5.74, 6) is 0. The minimum atomic E-state index is -2.55. The lowest BCUT2D eigenvalue weighted by molar-refractivity contribution is -0.882. The molecule has 0 bridgehead atoms. The molecule has 0 fully saturated rings. The Kier molecular flexibility index (Phi) is 11.5. The van der Waals surface area contributed by atoms with Crippen molar-refractivity contribution in [2.45, 2.75) is 46.2 Å². The number of nitrogens with zero attached hydrogens (tertiary/aromatic N) is 2. The molecule has 0 unspecified atom stereocenters. The molecule has 0 heterocycles. The summed E-state index contributed by atoms with van der Waals surface area (Å²) < 4.78 is 0.00287. The first-order valence-corrected chi connectivity index (χ1v) is 7.02. The van der Waals surface area contributed by atoms with Crippen LogP contribution in [0.5, 0.6) is 0 Å². The number of hydrogen-bond donors (Lipinski definition) is 0. The van der Waals surface area contributed by atoms with Crippen molar-refractivity contribution in [3.8, 4) is 6.07 Å². The Labute approximate surface area is 112 Å². The average Bonchev–Trinajstić information content (AvgIpc) is 2.29. The molecule has 0 N–H and O–H groups in total. The van der Waals surface area contributed by atoms with Crippen LogP contribution in [-0.4, -0.2) is 29.5 Å². The maximum absolute atomic E-state index is 11.3. The van der Waals surface area contributed by atoms with Gasteiger partial charge in [-0.1, -0.05) is 8.53 Å². The van der Waals surface area contributed by atoms with E-state index in [4.69, 9.17) is 5.26 Å². The molecule has 5 nitrogen and oxygen atoms in total. The zero-order valence-electron chi connectivity index (χ0n) is 11.6. The molecule has 0 radical (unpaired) electrons. The van der Waals surface area contributed by atoms with Crippen molar-refractivity contribution in [2.75, 3.05) is 13.2 Å². The number of quaternary nitrogens is 1. The van der Waals surface area contributed by atoms with Crippen molar-refractivity contribution in [2.24, 2.45) is 0 Å². The van der Waals surface area contributed by atoms with Crippen LogP contribution in [0.25, 0.3) is 0 Å². The van der Waals surface area contributed by atoms with Crippen LogP contribution in [0, 0.1) is 11.3 Å². The summed E-state index contributed by atoms with van der Waals surface area (Å²) in [6.07, 6.45) is 1.60. The fourth-order valence-electron chi connectivity index (χ4n) is 1.80. The van der Waals surface area contributed by atoms with E-state index in [1.807, 2.05) is 33.8 Å². The Morgan fingerprint density at radius 1 is 1.28 bits per heavy atom. The third-order valence-electron chi connectivity index (χ3n) is 2.79. The van der Waals surface area contributed by atoms with E-state index >= 15 is 0 Å². The van der Waals surface area contributed by atoms with E-state index in [-0.39, 0.29) is 29.4 Å². The Morgan fingerprint density at radius 2 is 1.67 bits per heavy atom. The van der Waals surface area contributed by atoms with Gasteiger partial charge in [-0.25, -0.2) is 0 Å². The van der Waals surface area contributed by atoms with Crippen molar-refractivity contribution in [3.05, 3.63) is 12.7 Å². The van der Waals surface area contributed by atoms with Crippen molar-refractivity contribution in [1.29, 1.82) is 5.26 Å². The summed E-state index contributed by atoms with van der Waals surface area (Å²) in [4.78, 5) is 22.6. The predicted octanol–water partition coefficient (Wildman–Crippen LogP) is 0.0139. The lowest BCUT2D eigenvalue weighted by Gasteiger charge is -2.57. The van der Waals surface area contributed by atoms with E-state index in [1.54, 1.807) is 0 Å². The molecule has 106 valence electrons. The molecule has 0 saturated heterocycles. The van der Waals surface area contributed by atoms with Crippen LogP contribution in [0.15, 0.2) is 12.7 Å². The molecule has 0 spiro atoms. The molecule has 0 aliphatic carbocycles. The highest BCUT2D eigenvalue weighted by molar-refractivity contribution is 7.35. The summed E-state index contributed by atoms with van der Waals surface area (Å²) in [6, 6.07) is 1.99. The Hall–Kier alpha value is -0.500.